The maximum absolute atomic E-state index is 12.0. The first-order chi connectivity index (χ1) is 9.51. The summed E-state index contributed by atoms with van der Waals surface area (Å²) in [5, 5.41) is 17.3. The predicted octanol–water partition coefficient (Wildman–Crippen LogP) is 0.866. The van der Waals surface area contributed by atoms with Crippen LogP contribution in [0.4, 0.5) is 17.2 Å². The van der Waals surface area contributed by atoms with Crippen molar-refractivity contribution >= 4 is 23.1 Å². The molecule has 0 saturated heterocycles. The predicted molar refractivity (Wildman–Crippen MR) is 72.1 cm³/mol. The van der Waals surface area contributed by atoms with E-state index in [0.29, 0.717) is 5.82 Å². The van der Waals surface area contributed by atoms with Gasteiger partial charge >= 0.3 is 0 Å². The number of hydrazine groups is 1. The van der Waals surface area contributed by atoms with Crippen LogP contribution in [0.3, 0.4) is 0 Å². The molecule has 0 saturated carbocycles. The highest BCUT2D eigenvalue weighted by molar-refractivity contribution is 6.04. The SMILES string of the molecule is Cn1ccc(NC(=O)c2ccc([N+](=O)[O-])c(NN)c2)n1. The normalized spacial score (nSPS) is 10.1. The molecule has 104 valence electrons. The Labute approximate surface area is 113 Å². The number of nitro benzene ring substituents is 1. The van der Waals surface area contributed by atoms with Gasteiger partial charge in [0.05, 0.1) is 4.92 Å². The summed E-state index contributed by atoms with van der Waals surface area (Å²) < 4.78 is 1.54. The molecule has 0 fully saturated rings. The van der Waals surface area contributed by atoms with E-state index >= 15 is 0 Å². The van der Waals surface area contributed by atoms with E-state index in [-0.39, 0.29) is 16.9 Å². The Morgan fingerprint density at radius 3 is 2.75 bits per heavy atom. The fourth-order valence-corrected chi connectivity index (χ4v) is 1.62. The molecule has 0 aliphatic rings. The fourth-order valence-electron chi connectivity index (χ4n) is 1.62. The summed E-state index contributed by atoms with van der Waals surface area (Å²) in [5.41, 5.74) is 2.28. The van der Waals surface area contributed by atoms with Crippen LogP contribution in [0.5, 0.6) is 0 Å². The minimum atomic E-state index is -0.588. The van der Waals surface area contributed by atoms with Crippen molar-refractivity contribution < 1.29 is 9.72 Å². The molecule has 0 spiro atoms. The van der Waals surface area contributed by atoms with Crippen LogP contribution in [0.15, 0.2) is 30.5 Å². The van der Waals surface area contributed by atoms with E-state index < -0.39 is 10.8 Å². The molecule has 1 heterocycles. The number of carbonyl (C=O) groups excluding carboxylic acids is 1. The molecule has 0 aliphatic heterocycles. The highest BCUT2D eigenvalue weighted by Crippen LogP contribution is 2.24. The van der Waals surface area contributed by atoms with Gasteiger partial charge in [0.1, 0.15) is 5.69 Å². The van der Waals surface area contributed by atoms with Crippen LogP contribution < -0.4 is 16.6 Å². The number of aromatic nitrogens is 2. The number of anilines is 2. The number of nitrogens with zero attached hydrogens (tertiary/aromatic N) is 3. The largest absolute Gasteiger partial charge is 0.318 e. The number of amides is 1. The maximum atomic E-state index is 12.0. The number of carbonyl (C=O) groups is 1. The highest BCUT2D eigenvalue weighted by atomic mass is 16.6. The number of nitrogens with two attached hydrogens (primary N) is 1. The molecular formula is C11H12N6O3. The van der Waals surface area contributed by atoms with E-state index in [1.807, 2.05) is 0 Å². The molecule has 0 bridgehead atoms. The summed E-state index contributed by atoms with van der Waals surface area (Å²) in [7, 11) is 1.72. The number of aryl methyl sites for hydroxylation is 1. The molecular weight excluding hydrogens is 264 g/mol. The van der Waals surface area contributed by atoms with E-state index in [9.17, 15) is 14.9 Å². The van der Waals surface area contributed by atoms with Crippen molar-refractivity contribution in [1.29, 1.82) is 0 Å². The average Bonchev–Trinajstić information content (AvgIpc) is 2.83. The number of nitro groups is 1. The van der Waals surface area contributed by atoms with Crippen LogP contribution in [-0.2, 0) is 7.05 Å². The Hall–Kier alpha value is -2.94. The van der Waals surface area contributed by atoms with Gasteiger partial charge in [0.25, 0.3) is 11.6 Å². The van der Waals surface area contributed by atoms with Crippen molar-refractivity contribution in [2.24, 2.45) is 12.9 Å². The van der Waals surface area contributed by atoms with Crippen molar-refractivity contribution in [3.8, 4) is 0 Å². The standard InChI is InChI=1S/C11H12N6O3/c1-16-5-4-10(15-16)13-11(18)7-2-3-9(17(19)20)8(6-7)14-12/h2-6,14H,12H2,1H3,(H,13,15,18). The lowest BCUT2D eigenvalue weighted by Crippen LogP contribution is -2.15. The third kappa shape index (κ3) is 2.72. The smallest absolute Gasteiger partial charge is 0.293 e. The first-order valence-corrected chi connectivity index (χ1v) is 5.57. The number of nitrogens with one attached hydrogen (secondary N) is 2. The summed E-state index contributed by atoms with van der Waals surface area (Å²) in [6.07, 6.45) is 1.68. The summed E-state index contributed by atoms with van der Waals surface area (Å²) in [6.45, 7) is 0. The number of benzene rings is 1. The molecule has 2 aromatic rings. The van der Waals surface area contributed by atoms with Crippen molar-refractivity contribution in [1.82, 2.24) is 9.78 Å². The quantitative estimate of drug-likeness (QED) is 0.431. The van der Waals surface area contributed by atoms with E-state index in [1.54, 1.807) is 19.3 Å². The Morgan fingerprint density at radius 1 is 1.45 bits per heavy atom. The average molecular weight is 276 g/mol. The monoisotopic (exact) mass is 276 g/mol. The van der Waals surface area contributed by atoms with Gasteiger partial charge in [-0.1, -0.05) is 0 Å². The van der Waals surface area contributed by atoms with Crippen molar-refractivity contribution in [2.45, 2.75) is 0 Å². The van der Waals surface area contributed by atoms with Gasteiger partial charge in [-0.15, -0.1) is 0 Å². The molecule has 1 amide bonds. The minimum Gasteiger partial charge on any atom is -0.318 e. The van der Waals surface area contributed by atoms with Gasteiger partial charge in [0.2, 0.25) is 0 Å². The van der Waals surface area contributed by atoms with Crippen LogP contribution in [0.25, 0.3) is 0 Å². The van der Waals surface area contributed by atoms with Gasteiger partial charge in [-0.05, 0) is 12.1 Å². The van der Waals surface area contributed by atoms with E-state index in [0.717, 1.165) is 0 Å². The second-order valence-corrected chi connectivity index (χ2v) is 3.96. The molecule has 1 aromatic carbocycles. The van der Waals surface area contributed by atoms with Crippen LogP contribution in [0.2, 0.25) is 0 Å². The van der Waals surface area contributed by atoms with Gasteiger partial charge < -0.3 is 10.7 Å². The zero-order valence-electron chi connectivity index (χ0n) is 10.5. The van der Waals surface area contributed by atoms with Crippen LogP contribution in [-0.4, -0.2) is 20.6 Å². The van der Waals surface area contributed by atoms with Crippen molar-refractivity contribution in [2.75, 3.05) is 10.7 Å². The molecule has 2 rings (SSSR count). The topological polar surface area (TPSA) is 128 Å². The van der Waals surface area contributed by atoms with Gasteiger partial charge in [-0.3, -0.25) is 25.4 Å². The highest BCUT2D eigenvalue weighted by Gasteiger charge is 2.16. The zero-order chi connectivity index (χ0) is 14.7. The summed E-state index contributed by atoms with van der Waals surface area (Å²) in [5.74, 6) is 5.16. The number of hydrogen-bond acceptors (Lipinski definition) is 6. The lowest BCUT2D eigenvalue weighted by molar-refractivity contribution is -0.384. The molecule has 9 nitrogen and oxygen atoms in total. The molecule has 0 unspecified atom stereocenters. The Morgan fingerprint density at radius 2 is 2.20 bits per heavy atom. The molecule has 1 aromatic heterocycles. The Bertz CT molecular complexity index is 666. The maximum Gasteiger partial charge on any atom is 0.293 e. The second kappa shape index (κ2) is 5.36. The second-order valence-electron chi connectivity index (χ2n) is 3.96. The number of nitrogen functional groups attached to an aromatic ring is 1. The molecule has 0 aliphatic carbocycles. The summed E-state index contributed by atoms with van der Waals surface area (Å²) >= 11 is 0. The Balaban J connectivity index is 2.24. The fraction of sp³-hybridized carbons (Fsp3) is 0.0909. The molecule has 9 heteroatoms. The van der Waals surface area contributed by atoms with Gasteiger partial charge in [0.15, 0.2) is 5.82 Å². The molecule has 0 radical (unpaired) electrons. The van der Waals surface area contributed by atoms with E-state index in [2.05, 4.69) is 15.8 Å². The number of rotatable bonds is 4. The first kappa shape index (κ1) is 13.5. The van der Waals surface area contributed by atoms with Gasteiger partial charge in [-0.2, -0.15) is 5.10 Å². The molecule has 4 N–H and O–H groups in total. The van der Waals surface area contributed by atoms with E-state index in [4.69, 9.17) is 5.84 Å². The summed E-state index contributed by atoms with van der Waals surface area (Å²) in [6, 6.07) is 5.49. The third-order valence-electron chi connectivity index (χ3n) is 2.57. The lowest BCUT2D eigenvalue weighted by atomic mass is 10.1. The first-order valence-electron chi connectivity index (χ1n) is 5.57. The zero-order valence-corrected chi connectivity index (χ0v) is 10.5. The van der Waals surface area contributed by atoms with Gasteiger partial charge in [0, 0.05) is 30.9 Å². The van der Waals surface area contributed by atoms with Crippen LogP contribution in [0.1, 0.15) is 10.4 Å². The minimum absolute atomic E-state index is 0.0590. The van der Waals surface area contributed by atoms with Crippen LogP contribution >= 0.6 is 0 Å². The van der Waals surface area contributed by atoms with Crippen molar-refractivity contribution in [3.05, 3.63) is 46.1 Å². The van der Waals surface area contributed by atoms with Crippen LogP contribution in [0, 0.1) is 10.1 Å². The van der Waals surface area contributed by atoms with Gasteiger partial charge in [-0.25, -0.2) is 0 Å². The Kier molecular flexibility index (Phi) is 3.62. The molecule has 20 heavy (non-hydrogen) atoms. The number of hydrogen-bond donors (Lipinski definition) is 3. The third-order valence-corrected chi connectivity index (χ3v) is 2.57. The lowest BCUT2D eigenvalue weighted by Gasteiger charge is -2.05. The van der Waals surface area contributed by atoms with Crippen molar-refractivity contribution in [3.63, 3.8) is 0 Å². The molecule has 0 atom stereocenters. The summed E-state index contributed by atoms with van der Waals surface area (Å²) in [4.78, 5) is 22.1. The van der Waals surface area contributed by atoms with E-state index in [1.165, 1.54) is 22.9 Å².